The first kappa shape index (κ1) is 44.2. The third-order valence-corrected chi connectivity index (χ3v) is 4.72. The van der Waals surface area contributed by atoms with Gasteiger partial charge in [0.25, 0.3) is 0 Å². The van der Waals surface area contributed by atoms with Gasteiger partial charge in [0, 0.05) is 6.92 Å². The average molecular weight is 821 g/mol. The van der Waals surface area contributed by atoms with Crippen molar-refractivity contribution in [3.8, 4) is 6.07 Å². The largest absolute Gasteiger partial charge is 2.00 e. The van der Waals surface area contributed by atoms with E-state index in [9.17, 15) is 50.4 Å². The minimum Gasteiger partial charge on any atom is -0.474 e. The van der Waals surface area contributed by atoms with Crippen LogP contribution in [0.25, 0.3) is 0 Å². The predicted octanol–water partition coefficient (Wildman–Crippen LogP) is 8.56. The van der Waals surface area contributed by atoms with Crippen LogP contribution in [0.2, 0.25) is 0 Å². The molecule has 4 aliphatic rings. The molecule has 0 N–H and O–H groups in total. The summed E-state index contributed by atoms with van der Waals surface area (Å²) in [6, 6.07) is 13.1. The van der Waals surface area contributed by atoms with Crippen molar-refractivity contribution >= 4 is 39.2 Å². The zero-order chi connectivity index (χ0) is 37.1. The second-order valence-corrected chi connectivity index (χ2v) is 12.9. The van der Waals surface area contributed by atoms with Gasteiger partial charge in [-0.1, -0.05) is 12.1 Å². The van der Waals surface area contributed by atoms with Gasteiger partial charge in [0.2, 0.25) is 23.6 Å². The molecule has 2 aromatic heterocycles. The zero-order valence-electron chi connectivity index (χ0n) is 25.2. The van der Waals surface area contributed by atoms with Crippen LogP contribution >= 0.6 is 15.6 Å². The van der Waals surface area contributed by atoms with Crippen LogP contribution in [-0.2, 0) is 36.0 Å². The van der Waals surface area contributed by atoms with Gasteiger partial charge in [0.05, 0.1) is 32.2 Å². The van der Waals surface area contributed by atoms with Gasteiger partial charge in [0.1, 0.15) is 49.2 Å². The molecular weight excluding hydrogens is 796 g/mol. The zero-order valence-corrected chi connectivity index (χ0v) is 28.1. The molecule has 0 saturated carbocycles. The third-order valence-electron chi connectivity index (χ3n) is 4.72. The van der Waals surface area contributed by atoms with E-state index in [1.807, 2.05) is 36.4 Å². The first-order valence-corrected chi connectivity index (χ1v) is 17.3. The molecule has 0 atom stereocenters. The van der Waals surface area contributed by atoms with Crippen molar-refractivity contribution in [3.05, 3.63) is 59.2 Å². The molecule has 50 heavy (non-hydrogen) atoms. The first-order valence-electron chi connectivity index (χ1n) is 13.3. The van der Waals surface area contributed by atoms with Crippen molar-refractivity contribution in [3.63, 3.8) is 0 Å². The summed E-state index contributed by atoms with van der Waals surface area (Å²) in [4.78, 5) is 25.8. The van der Waals surface area contributed by atoms with Crippen molar-refractivity contribution in [1.29, 1.82) is 5.26 Å². The molecule has 0 saturated heterocycles. The van der Waals surface area contributed by atoms with E-state index < -0.39 is 15.6 Å². The van der Waals surface area contributed by atoms with E-state index in [-0.39, 0.29) is 17.1 Å². The molecule has 6 heterocycles. The number of pyridine rings is 2. The van der Waals surface area contributed by atoms with Crippen LogP contribution in [0.1, 0.15) is 29.7 Å². The van der Waals surface area contributed by atoms with Crippen molar-refractivity contribution in [2.75, 3.05) is 52.6 Å². The normalized spacial score (nSPS) is 18.6. The van der Waals surface area contributed by atoms with Crippen LogP contribution < -0.4 is 0 Å². The SMILES string of the molecule is CC#N.F[P-](F)(F)(F)(F)F.F[P-](F)(F)(F)(F)F.[Fe+2].c1cc(C2=NCCO2)nc(C2=NCCO2)c1.c1cc(C2=NCCO2)nc(C2=NCCO2)c1. The molecule has 4 aliphatic heterocycles. The molecule has 0 aromatic carbocycles. The molecule has 26 heteroatoms. The number of halogens is 12. The number of hydrogen-bond acceptors (Lipinski definition) is 11. The molecule has 0 fully saturated rings. The van der Waals surface area contributed by atoms with Crippen molar-refractivity contribution in [1.82, 2.24) is 9.97 Å². The molecule has 282 valence electrons. The quantitative estimate of drug-likeness (QED) is 0.171. The summed E-state index contributed by atoms with van der Waals surface area (Å²) in [7, 11) is -21.3. The maximum Gasteiger partial charge on any atom is 2.00 e. The minimum absolute atomic E-state index is 0. The third kappa shape index (κ3) is 22.8. The van der Waals surface area contributed by atoms with Crippen LogP contribution in [-0.4, -0.2) is 86.2 Å². The van der Waals surface area contributed by atoms with E-state index in [1.54, 1.807) is 6.07 Å². The summed E-state index contributed by atoms with van der Waals surface area (Å²) in [5.74, 6) is 2.45. The molecule has 2 aromatic rings. The monoisotopic (exact) mass is 821 g/mol. The molecular formula is C24H25F12FeN7O4P2. The van der Waals surface area contributed by atoms with Gasteiger partial charge in [0.15, 0.2) is 0 Å². The van der Waals surface area contributed by atoms with E-state index in [0.29, 0.717) is 76.2 Å². The van der Waals surface area contributed by atoms with Gasteiger partial charge < -0.3 is 18.9 Å². The Labute approximate surface area is 285 Å². The van der Waals surface area contributed by atoms with E-state index in [0.717, 1.165) is 22.8 Å². The Balaban J connectivity index is 0.000000345. The second-order valence-electron chi connectivity index (χ2n) is 9.10. The smallest absolute Gasteiger partial charge is 0.474 e. The Hall–Kier alpha value is -3.79. The number of nitrogens with zero attached hydrogens (tertiary/aromatic N) is 7. The van der Waals surface area contributed by atoms with Crippen LogP contribution in [0, 0.1) is 11.3 Å². The van der Waals surface area contributed by atoms with Gasteiger partial charge in [-0.25, -0.2) is 29.9 Å². The van der Waals surface area contributed by atoms with Gasteiger partial charge >= 0.3 is 83.0 Å². The van der Waals surface area contributed by atoms with Crippen LogP contribution in [0.4, 0.5) is 50.4 Å². The fraction of sp³-hybridized carbons (Fsp3) is 0.375. The molecule has 0 spiro atoms. The summed E-state index contributed by atoms with van der Waals surface area (Å²) in [5.41, 5.74) is 2.97. The Bertz CT molecular complexity index is 1440. The summed E-state index contributed by atoms with van der Waals surface area (Å²) in [5, 5.41) is 7.32. The maximum atomic E-state index is 9.87. The standard InChI is InChI=1S/2C11H11N3O2.C2H3N.2F6P.Fe/c2*1-2-8(10-12-4-6-15-10)14-9(3-1)11-13-5-7-16-11;1-2-3;2*1-7(2,3,4,5)6;/h2*1-3H,4-7H2;1H3;;;/q;;;2*-1;+2. The van der Waals surface area contributed by atoms with Gasteiger partial charge in [-0.2, -0.15) is 5.26 Å². The van der Waals surface area contributed by atoms with E-state index >= 15 is 0 Å². The number of hydrogen-bond donors (Lipinski definition) is 0. The molecule has 0 radical (unpaired) electrons. The first-order chi connectivity index (χ1) is 22.2. The number of nitriles is 1. The Morgan fingerprint density at radius 3 is 0.820 bits per heavy atom. The second kappa shape index (κ2) is 15.6. The van der Waals surface area contributed by atoms with Gasteiger partial charge in [-0.15, -0.1) is 0 Å². The van der Waals surface area contributed by atoms with Crippen molar-refractivity contribution in [2.24, 2.45) is 20.0 Å². The number of aromatic nitrogens is 2. The van der Waals surface area contributed by atoms with E-state index in [2.05, 4.69) is 29.9 Å². The average Bonchev–Trinajstić information content (AvgIpc) is 3.79. The van der Waals surface area contributed by atoms with Crippen molar-refractivity contribution in [2.45, 2.75) is 6.92 Å². The molecule has 0 aliphatic carbocycles. The summed E-state index contributed by atoms with van der Waals surface area (Å²) in [6.07, 6.45) is 0. The van der Waals surface area contributed by atoms with Gasteiger partial charge in [-0.3, -0.25) is 0 Å². The van der Waals surface area contributed by atoms with Crippen LogP contribution in [0.5, 0.6) is 0 Å². The summed E-state index contributed by atoms with van der Waals surface area (Å²) >= 11 is 0. The predicted molar refractivity (Wildman–Crippen MR) is 156 cm³/mol. The molecule has 0 unspecified atom stereocenters. The van der Waals surface area contributed by atoms with E-state index in [1.165, 1.54) is 6.92 Å². The molecule has 0 bridgehead atoms. The summed E-state index contributed by atoms with van der Waals surface area (Å²) < 4.78 is 140. The van der Waals surface area contributed by atoms with Crippen LogP contribution in [0.3, 0.4) is 0 Å². The van der Waals surface area contributed by atoms with Crippen molar-refractivity contribution < 1.29 is 86.4 Å². The molecule has 11 nitrogen and oxygen atoms in total. The number of rotatable bonds is 4. The number of aliphatic imine (C=N–C) groups is 4. The fourth-order valence-corrected chi connectivity index (χ4v) is 3.31. The Morgan fingerprint density at radius 1 is 0.500 bits per heavy atom. The minimum atomic E-state index is -10.7. The molecule has 6 rings (SSSR count). The Morgan fingerprint density at radius 2 is 0.680 bits per heavy atom. The topological polar surface area (TPSA) is 136 Å². The Kier molecular flexibility index (Phi) is 13.8. The molecule has 0 amide bonds. The number of ether oxygens (including phenoxy) is 4. The van der Waals surface area contributed by atoms with Gasteiger partial charge in [-0.05, 0) is 24.3 Å². The van der Waals surface area contributed by atoms with E-state index in [4.69, 9.17) is 24.2 Å². The van der Waals surface area contributed by atoms with Crippen LogP contribution in [0.15, 0.2) is 56.4 Å². The summed E-state index contributed by atoms with van der Waals surface area (Å²) in [6.45, 7) is 6.81. The maximum absolute atomic E-state index is 10.7. The fourth-order valence-electron chi connectivity index (χ4n) is 3.31.